The maximum absolute atomic E-state index is 5.63. The minimum absolute atomic E-state index is 0.795. The van der Waals surface area contributed by atoms with E-state index < -0.39 is 0 Å². The van der Waals surface area contributed by atoms with Crippen molar-refractivity contribution in [1.29, 1.82) is 0 Å². The minimum Gasteiger partial charge on any atom is -0.399 e. The van der Waals surface area contributed by atoms with E-state index in [1.165, 1.54) is 11.1 Å². The second-order valence-electron chi connectivity index (χ2n) is 3.20. The molecule has 1 nitrogen and oxygen atoms in total. The molecule has 2 aromatic rings. The fourth-order valence-electron chi connectivity index (χ4n) is 1.37. The highest BCUT2D eigenvalue weighted by molar-refractivity contribution is 6.32. The minimum atomic E-state index is 0.795. The lowest BCUT2D eigenvalue weighted by atomic mass is 10.1. The summed E-state index contributed by atoms with van der Waals surface area (Å²) in [6.07, 6.45) is 0. The molecule has 3 radical (unpaired) electrons. The molecule has 0 unspecified atom stereocenters. The summed E-state index contributed by atoms with van der Waals surface area (Å²) < 4.78 is 0. The van der Waals surface area contributed by atoms with E-state index in [-0.39, 0.29) is 0 Å². The first kappa shape index (κ1) is 9.03. The van der Waals surface area contributed by atoms with Crippen molar-refractivity contribution in [3.05, 3.63) is 48.5 Å². The largest absolute Gasteiger partial charge is 0.399 e. The van der Waals surface area contributed by atoms with Gasteiger partial charge in [-0.1, -0.05) is 41.6 Å². The maximum Gasteiger partial charge on any atom is 0.0712 e. The molecule has 0 aliphatic heterocycles. The van der Waals surface area contributed by atoms with Gasteiger partial charge >= 0.3 is 0 Å². The maximum atomic E-state index is 5.63. The molecule has 0 bridgehead atoms. The molecule has 0 amide bonds. The Morgan fingerprint density at radius 3 is 2.21 bits per heavy atom. The average molecular weight is 196 g/mol. The van der Waals surface area contributed by atoms with Crippen LogP contribution in [0.5, 0.6) is 0 Å². The second-order valence-corrected chi connectivity index (χ2v) is 3.78. The van der Waals surface area contributed by atoms with E-state index in [0.717, 1.165) is 10.9 Å². The Balaban J connectivity index is 2.44. The van der Waals surface area contributed by atoms with Crippen molar-refractivity contribution < 1.29 is 0 Å². The highest BCUT2D eigenvalue weighted by Gasteiger charge is 1.96. The molecule has 2 N–H and O–H groups in total. The van der Waals surface area contributed by atoms with Crippen LogP contribution in [0.3, 0.4) is 0 Å². The molecule has 0 aliphatic rings. The van der Waals surface area contributed by atoms with Crippen LogP contribution in [0.15, 0.2) is 48.5 Å². The van der Waals surface area contributed by atoms with Crippen molar-refractivity contribution >= 4 is 21.1 Å². The van der Waals surface area contributed by atoms with Crippen molar-refractivity contribution in [3.8, 4) is 11.1 Å². The van der Waals surface area contributed by atoms with E-state index in [4.69, 9.17) is 5.73 Å². The molecule has 0 saturated heterocycles. The van der Waals surface area contributed by atoms with Gasteiger partial charge in [-0.05, 0) is 23.3 Å². The van der Waals surface area contributed by atoms with Crippen LogP contribution in [0, 0.1) is 0 Å². The molecular weight excluding hydrogens is 186 g/mol. The smallest absolute Gasteiger partial charge is 0.0712 e. The summed E-state index contributed by atoms with van der Waals surface area (Å²) in [6, 6.07) is 16.1. The number of hydrogen-bond donors (Lipinski definition) is 1. The molecule has 0 heterocycles. The zero-order valence-electron chi connectivity index (χ0n) is 7.70. The predicted octanol–water partition coefficient (Wildman–Crippen LogP) is 1.73. The van der Waals surface area contributed by atoms with Gasteiger partial charge in [0.2, 0.25) is 0 Å². The Hall–Kier alpha value is -1.54. The van der Waals surface area contributed by atoms with E-state index in [1.807, 2.05) is 36.4 Å². The van der Waals surface area contributed by atoms with Gasteiger partial charge in [-0.15, -0.1) is 0 Å². The lowest BCUT2D eigenvalue weighted by molar-refractivity contribution is 1.63. The van der Waals surface area contributed by atoms with Crippen molar-refractivity contribution in [2.24, 2.45) is 0 Å². The number of benzene rings is 2. The Morgan fingerprint density at radius 1 is 0.857 bits per heavy atom. The third-order valence-corrected chi connectivity index (χ3v) is 2.42. The Kier molecular flexibility index (Phi) is 2.37. The van der Waals surface area contributed by atoms with Crippen LogP contribution in [0.4, 0.5) is 5.69 Å². The van der Waals surface area contributed by atoms with E-state index in [0.29, 0.717) is 0 Å². The normalized spacial score (nSPS) is 10.1. The average Bonchev–Trinajstić information content (AvgIpc) is 2.19. The first-order chi connectivity index (χ1) is 6.75. The third-order valence-electron chi connectivity index (χ3n) is 2.11. The summed E-state index contributed by atoms with van der Waals surface area (Å²) in [4.78, 5) is 0. The van der Waals surface area contributed by atoms with Gasteiger partial charge in [0.1, 0.15) is 0 Å². The Morgan fingerprint density at radius 2 is 1.57 bits per heavy atom. The summed E-state index contributed by atoms with van der Waals surface area (Å²) in [7, 11) is 3.50. The molecule has 0 atom stereocenters. The predicted molar refractivity (Wildman–Crippen MR) is 61.7 cm³/mol. The summed E-state index contributed by atoms with van der Waals surface area (Å²) in [5.41, 5.74) is 8.79. The van der Waals surface area contributed by atoms with Gasteiger partial charge < -0.3 is 5.73 Å². The van der Waals surface area contributed by atoms with Gasteiger partial charge in [-0.25, -0.2) is 0 Å². The SMILES string of the molecule is Nc1ccc(-c2cccc([Si])c2)cc1. The van der Waals surface area contributed by atoms with Crippen LogP contribution in [-0.4, -0.2) is 10.2 Å². The van der Waals surface area contributed by atoms with Crippen molar-refractivity contribution in [3.63, 3.8) is 0 Å². The number of anilines is 1. The number of hydrogen-bond acceptors (Lipinski definition) is 1. The van der Waals surface area contributed by atoms with E-state index >= 15 is 0 Å². The van der Waals surface area contributed by atoms with E-state index in [9.17, 15) is 0 Å². The van der Waals surface area contributed by atoms with Crippen LogP contribution in [-0.2, 0) is 0 Å². The highest BCUT2D eigenvalue weighted by atomic mass is 28.1. The van der Waals surface area contributed by atoms with Crippen molar-refractivity contribution in [2.75, 3.05) is 5.73 Å². The molecular formula is C12H10NSi. The number of rotatable bonds is 1. The van der Waals surface area contributed by atoms with Crippen molar-refractivity contribution in [2.45, 2.75) is 0 Å². The van der Waals surface area contributed by atoms with Gasteiger partial charge in [0.05, 0.1) is 10.2 Å². The van der Waals surface area contributed by atoms with Gasteiger partial charge in [-0.3, -0.25) is 0 Å². The summed E-state index contributed by atoms with van der Waals surface area (Å²) >= 11 is 0. The van der Waals surface area contributed by atoms with Crippen LogP contribution >= 0.6 is 0 Å². The summed E-state index contributed by atoms with van der Waals surface area (Å²) in [5, 5.41) is 1.08. The van der Waals surface area contributed by atoms with E-state index in [2.05, 4.69) is 22.4 Å². The van der Waals surface area contributed by atoms with Crippen molar-refractivity contribution in [1.82, 2.24) is 0 Å². The molecule has 0 aromatic heterocycles. The molecule has 67 valence electrons. The molecule has 14 heavy (non-hydrogen) atoms. The topological polar surface area (TPSA) is 26.0 Å². The summed E-state index contributed by atoms with van der Waals surface area (Å²) in [5.74, 6) is 0. The lowest BCUT2D eigenvalue weighted by Crippen LogP contribution is -2.00. The van der Waals surface area contributed by atoms with Gasteiger partial charge in [0.25, 0.3) is 0 Å². The van der Waals surface area contributed by atoms with E-state index in [1.54, 1.807) is 0 Å². The highest BCUT2D eigenvalue weighted by Crippen LogP contribution is 2.18. The fourth-order valence-corrected chi connectivity index (χ4v) is 1.63. The molecule has 2 heteroatoms. The third kappa shape index (κ3) is 1.85. The standard InChI is InChI=1S/C12H10NSi/c13-11-6-4-9(5-7-11)10-2-1-3-12(14)8-10/h1-8H,13H2. The molecule has 2 rings (SSSR count). The van der Waals surface area contributed by atoms with Gasteiger partial charge in [-0.2, -0.15) is 0 Å². The molecule has 0 fully saturated rings. The van der Waals surface area contributed by atoms with Crippen LogP contribution in [0.2, 0.25) is 0 Å². The fraction of sp³-hybridized carbons (Fsp3) is 0. The van der Waals surface area contributed by atoms with Crippen LogP contribution in [0.25, 0.3) is 11.1 Å². The Labute approximate surface area is 87.0 Å². The number of nitrogens with two attached hydrogens (primary N) is 1. The summed E-state index contributed by atoms with van der Waals surface area (Å²) in [6.45, 7) is 0. The zero-order chi connectivity index (χ0) is 9.97. The first-order valence-corrected chi connectivity index (χ1v) is 4.93. The first-order valence-electron chi connectivity index (χ1n) is 4.43. The quantitative estimate of drug-likeness (QED) is 0.545. The monoisotopic (exact) mass is 196 g/mol. The second kappa shape index (κ2) is 3.68. The molecule has 2 aromatic carbocycles. The van der Waals surface area contributed by atoms with Gasteiger partial charge in [0, 0.05) is 5.69 Å². The lowest BCUT2D eigenvalue weighted by Gasteiger charge is -2.02. The Bertz CT molecular complexity index is 434. The molecule has 0 saturated carbocycles. The van der Waals surface area contributed by atoms with Crippen LogP contribution in [0.1, 0.15) is 0 Å². The van der Waals surface area contributed by atoms with Gasteiger partial charge in [0.15, 0.2) is 0 Å². The van der Waals surface area contributed by atoms with Crippen LogP contribution < -0.4 is 10.9 Å². The molecule has 0 spiro atoms. The molecule has 0 aliphatic carbocycles. The zero-order valence-corrected chi connectivity index (χ0v) is 8.70. The number of nitrogen functional groups attached to an aromatic ring is 1.